The molecule has 0 aromatic carbocycles. The van der Waals surface area contributed by atoms with Crippen molar-refractivity contribution in [2.75, 3.05) is 0 Å². The maximum absolute atomic E-state index is 11.2. The molecule has 0 amide bonds. The van der Waals surface area contributed by atoms with E-state index in [1.54, 1.807) is 13.8 Å². The molecule has 4 nitrogen and oxygen atoms in total. The van der Waals surface area contributed by atoms with Gasteiger partial charge in [0, 0.05) is 11.3 Å². The SMILES string of the molecule is CC(=O)c1c(O)c(C)c(C)[nH]c1=O. The Hall–Kier alpha value is -1.58. The molecule has 1 aromatic rings. The first-order valence-corrected chi connectivity index (χ1v) is 3.88. The topological polar surface area (TPSA) is 70.2 Å². The Labute approximate surface area is 75.2 Å². The summed E-state index contributed by atoms with van der Waals surface area (Å²) in [6, 6.07) is 0. The lowest BCUT2D eigenvalue weighted by molar-refractivity contribution is 0.101. The van der Waals surface area contributed by atoms with Crippen LogP contribution in [0.2, 0.25) is 0 Å². The summed E-state index contributed by atoms with van der Waals surface area (Å²) in [6.07, 6.45) is 0. The molecule has 0 spiro atoms. The number of aromatic nitrogens is 1. The number of Topliss-reactive ketones (excluding diaryl/α,β-unsaturated/α-hetero) is 1. The van der Waals surface area contributed by atoms with Gasteiger partial charge in [0.25, 0.3) is 5.56 Å². The molecule has 2 N–H and O–H groups in total. The highest BCUT2D eigenvalue weighted by Crippen LogP contribution is 2.20. The summed E-state index contributed by atoms with van der Waals surface area (Å²) in [6.45, 7) is 4.56. The lowest BCUT2D eigenvalue weighted by Crippen LogP contribution is -2.18. The number of ketones is 1. The zero-order valence-corrected chi connectivity index (χ0v) is 7.76. The van der Waals surface area contributed by atoms with E-state index in [2.05, 4.69) is 4.98 Å². The molecule has 0 saturated heterocycles. The number of nitrogens with one attached hydrogen (secondary N) is 1. The molecule has 0 bridgehead atoms. The second-order valence-electron chi connectivity index (χ2n) is 2.98. The molecule has 0 radical (unpaired) electrons. The van der Waals surface area contributed by atoms with Crippen LogP contribution in [0.15, 0.2) is 4.79 Å². The third-order valence-electron chi connectivity index (χ3n) is 2.03. The number of pyridine rings is 1. The monoisotopic (exact) mass is 181 g/mol. The van der Waals surface area contributed by atoms with Crippen LogP contribution in [0.25, 0.3) is 0 Å². The highest BCUT2D eigenvalue weighted by molar-refractivity contribution is 5.96. The van der Waals surface area contributed by atoms with Gasteiger partial charge < -0.3 is 10.1 Å². The lowest BCUT2D eigenvalue weighted by Gasteiger charge is -2.05. The molecule has 0 atom stereocenters. The van der Waals surface area contributed by atoms with Crippen LogP contribution in [0, 0.1) is 13.8 Å². The number of hydrogen-bond acceptors (Lipinski definition) is 3. The van der Waals surface area contributed by atoms with Gasteiger partial charge in [0.15, 0.2) is 5.78 Å². The highest BCUT2D eigenvalue weighted by Gasteiger charge is 2.15. The minimum Gasteiger partial charge on any atom is -0.507 e. The zero-order valence-electron chi connectivity index (χ0n) is 7.76. The first-order chi connectivity index (χ1) is 5.95. The van der Waals surface area contributed by atoms with Gasteiger partial charge in [-0.05, 0) is 20.8 Å². The second-order valence-corrected chi connectivity index (χ2v) is 2.98. The number of aryl methyl sites for hydroxylation is 1. The van der Waals surface area contributed by atoms with Crippen molar-refractivity contribution in [3.05, 3.63) is 27.2 Å². The molecule has 0 fully saturated rings. The number of aromatic amines is 1. The first kappa shape index (κ1) is 9.51. The quantitative estimate of drug-likeness (QED) is 0.632. The van der Waals surface area contributed by atoms with E-state index in [1.165, 1.54) is 6.92 Å². The van der Waals surface area contributed by atoms with Crippen molar-refractivity contribution in [1.29, 1.82) is 0 Å². The molecule has 1 heterocycles. The van der Waals surface area contributed by atoms with Gasteiger partial charge in [0.05, 0.1) is 0 Å². The normalized spacial score (nSPS) is 10.1. The van der Waals surface area contributed by atoms with Crippen molar-refractivity contribution in [3.8, 4) is 5.75 Å². The Bertz CT molecular complexity index is 418. The molecule has 1 rings (SSSR count). The Morgan fingerprint density at radius 1 is 1.38 bits per heavy atom. The fraction of sp³-hybridized carbons (Fsp3) is 0.333. The van der Waals surface area contributed by atoms with Gasteiger partial charge >= 0.3 is 0 Å². The van der Waals surface area contributed by atoms with Crippen LogP contribution in [0.4, 0.5) is 0 Å². The van der Waals surface area contributed by atoms with Crippen molar-refractivity contribution in [1.82, 2.24) is 4.98 Å². The molecule has 0 aliphatic heterocycles. The van der Waals surface area contributed by atoms with Crippen molar-refractivity contribution >= 4 is 5.78 Å². The number of carbonyl (C=O) groups is 1. The smallest absolute Gasteiger partial charge is 0.262 e. The first-order valence-electron chi connectivity index (χ1n) is 3.88. The molecule has 70 valence electrons. The van der Waals surface area contributed by atoms with E-state index in [-0.39, 0.29) is 11.3 Å². The van der Waals surface area contributed by atoms with Crippen molar-refractivity contribution in [3.63, 3.8) is 0 Å². The fourth-order valence-electron chi connectivity index (χ4n) is 1.13. The van der Waals surface area contributed by atoms with Gasteiger partial charge in [-0.25, -0.2) is 0 Å². The Kier molecular flexibility index (Phi) is 2.23. The van der Waals surface area contributed by atoms with Crippen molar-refractivity contribution in [2.24, 2.45) is 0 Å². The number of aromatic hydroxyl groups is 1. The third-order valence-corrected chi connectivity index (χ3v) is 2.03. The van der Waals surface area contributed by atoms with Crippen LogP contribution in [0.1, 0.15) is 28.5 Å². The van der Waals surface area contributed by atoms with Crippen molar-refractivity contribution < 1.29 is 9.90 Å². The largest absolute Gasteiger partial charge is 0.507 e. The molecular weight excluding hydrogens is 170 g/mol. The summed E-state index contributed by atoms with van der Waals surface area (Å²) in [4.78, 5) is 24.7. The third kappa shape index (κ3) is 1.47. The molecule has 0 saturated carbocycles. The van der Waals surface area contributed by atoms with Crippen LogP contribution in [-0.2, 0) is 0 Å². The molecule has 0 unspecified atom stereocenters. The van der Waals surface area contributed by atoms with Crippen LogP contribution in [-0.4, -0.2) is 15.9 Å². The summed E-state index contributed by atoms with van der Waals surface area (Å²) in [5.41, 5.74) is 0.411. The van der Waals surface area contributed by atoms with E-state index >= 15 is 0 Å². The van der Waals surface area contributed by atoms with Gasteiger partial charge in [-0.1, -0.05) is 0 Å². The fourth-order valence-corrected chi connectivity index (χ4v) is 1.13. The molecule has 0 aliphatic rings. The van der Waals surface area contributed by atoms with Crippen LogP contribution >= 0.6 is 0 Å². The van der Waals surface area contributed by atoms with Crippen LogP contribution in [0.5, 0.6) is 5.75 Å². The molecule has 13 heavy (non-hydrogen) atoms. The van der Waals surface area contributed by atoms with Gasteiger partial charge in [-0.2, -0.15) is 0 Å². The summed E-state index contributed by atoms with van der Waals surface area (Å²) in [5.74, 6) is -0.643. The molecular formula is C9H11NO3. The second kappa shape index (κ2) is 3.05. The van der Waals surface area contributed by atoms with Crippen LogP contribution < -0.4 is 5.56 Å². The van der Waals surface area contributed by atoms with E-state index in [1.807, 2.05) is 0 Å². The number of hydrogen-bond donors (Lipinski definition) is 2. The Balaban J connectivity index is 3.63. The summed E-state index contributed by atoms with van der Waals surface area (Å²) >= 11 is 0. The van der Waals surface area contributed by atoms with E-state index in [0.717, 1.165) is 0 Å². The van der Waals surface area contributed by atoms with E-state index < -0.39 is 11.3 Å². The number of rotatable bonds is 1. The van der Waals surface area contributed by atoms with E-state index in [4.69, 9.17) is 0 Å². The predicted octanol–water partition coefficient (Wildman–Crippen LogP) is 0.900. The maximum atomic E-state index is 11.2. The Morgan fingerprint density at radius 2 is 1.92 bits per heavy atom. The highest BCUT2D eigenvalue weighted by atomic mass is 16.3. The molecule has 0 aliphatic carbocycles. The lowest BCUT2D eigenvalue weighted by atomic mass is 10.1. The summed E-state index contributed by atoms with van der Waals surface area (Å²) < 4.78 is 0. The van der Waals surface area contributed by atoms with E-state index in [9.17, 15) is 14.7 Å². The average Bonchev–Trinajstić information content (AvgIpc) is 1.99. The zero-order chi connectivity index (χ0) is 10.2. The molecule has 1 aromatic heterocycles. The predicted molar refractivity (Wildman–Crippen MR) is 48.2 cm³/mol. The van der Waals surface area contributed by atoms with Crippen LogP contribution in [0.3, 0.4) is 0 Å². The summed E-state index contributed by atoms with van der Waals surface area (Å²) in [7, 11) is 0. The van der Waals surface area contributed by atoms with Gasteiger partial charge in [-0.3, -0.25) is 9.59 Å². The van der Waals surface area contributed by atoms with Gasteiger partial charge in [0.2, 0.25) is 0 Å². The molecule has 4 heteroatoms. The van der Waals surface area contributed by atoms with Crippen molar-refractivity contribution in [2.45, 2.75) is 20.8 Å². The minimum atomic E-state index is -0.534. The Morgan fingerprint density at radius 3 is 2.38 bits per heavy atom. The maximum Gasteiger partial charge on any atom is 0.262 e. The summed E-state index contributed by atoms with van der Waals surface area (Å²) in [5, 5.41) is 9.49. The number of carbonyl (C=O) groups excluding carboxylic acids is 1. The van der Waals surface area contributed by atoms with E-state index in [0.29, 0.717) is 11.3 Å². The van der Waals surface area contributed by atoms with Gasteiger partial charge in [-0.15, -0.1) is 0 Å². The standard InChI is InChI=1S/C9H11NO3/c1-4-5(2)10-9(13)7(6(3)11)8(4)12/h1-3H3,(H2,10,12,13). The van der Waals surface area contributed by atoms with Gasteiger partial charge in [0.1, 0.15) is 11.3 Å². The minimum absolute atomic E-state index is 0.164. The average molecular weight is 181 g/mol. The number of H-pyrrole nitrogens is 1.